The third-order valence-electron chi connectivity index (χ3n) is 1.43. The number of carbonyl (C=O) groups excluding carboxylic acids is 1. The van der Waals surface area contributed by atoms with Crippen molar-refractivity contribution in [2.45, 2.75) is 19.9 Å². The zero-order valence-corrected chi connectivity index (χ0v) is 8.25. The fraction of sp³-hybridized carbons (Fsp3) is 0.571. The van der Waals surface area contributed by atoms with Crippen LogP contribution in [-0.4, -0.2) is 26.6 Å². The minimum atomic E-state index is -0.281. The second kappa shape index (κ2) is 4.23. The lowest BCUT2D eigenvalue weighted by atomic mass is 10.4. The zero-order valence-electron chi connectivity index (χ0n) is 7.49. The Bertz CT molecular complexity index is 296. The number of rotatable bonds is 3. The second-order valence-corrected chi connectivity index (χ2v) is 3.07. The predicted octanol–water partition coefficient (Wildman–Crippen LogP) is 1.04. The maximum atomic E-state index is 10.9. The van der Waals surface area contributed by atoms with Gasteiger partial charge in [-0.25, -0.2) is 4.68 Å². The van der Waals surface area contributed by atoms with Gasteiger partial charge in [-0.1, -0.05) is 0 Å². The molecule has 5 nitrogen and oxygen atoms in total. The van der Waals surface area contributed by atoms with Crippen LogP contribution in [0, 0.1) is 0 Å². The highest BCUT2D eigenvalue weighted by atomic mass is 35.5. The first kappa shape index (κ1) is 9.98. The van der Waals surface area contributed by atoms with Gasteiger partial charge in [0.25, 0.3) is 0 Å². The molecule has 0 aromatic carbocycles. The van der Waals surface area contributed by atoms with Crippen LogP contribution in [0.3, 0.4) is 0 Å². The van der Waals surface area contributed by atoms with Gasteiger partial charge in [0.1, 0.15) is 12.2 Å². The van der Waals surface area contributed by atoms with Crippen LogP contribution < -0.4 is 5.32 Å². The third-order valence-corrected chi connectivity index (χ3v) is 1.68. The van der Waals surface area contributed by atoms with E-state index in [0.717, 1.165) is 0 Å². The number of amides is 1. The SMILES string of the molecule is CC(C)n1ncnc1NC(=O)CCl. The highest BCUT2D eigenvalue weighted by Gasteiger charge is 2.09. The smallest absolute Gasteiger partial charge is 0.241 e. The van der Waals surface area contributed by atoms with Gasteiger partial charge in [-0.05, 0) is 13.8 Å². The van der Waals surface area contributed by atoms with E-state index in [0.29, 0.717) is 5.95 Å². The molecule has 1 aromatic heterocycles. The van der Waals surface area contributed by atoms with E-state index in [2.05, 4.69) is 15.4 Å². The summed E-state index contributed by atoms with van der Waals surface area (Å²) >= 11 is 5.33. The highest BCUT2D eigenvalue weighted by molar-refractivity contribution is 6.28. The van der Waals surface area contributed by atoms with Gasteiger partial charge in [-0.2, -0.15) is 10.1 Å². The van der Waals surface area contributed by atoms with Crippen LogP contribution in [0.25, 0.3) is 0 Å². The molecule has 1 heterocycles. The summed E-state index contributed by atoms with van der Waals surface area (Å²) in [7, 11) is 0. The summed E-state index contributed by atoms with van der Waals surface area (Å²) in [6.07, 6.45) is 1.39. The van der Waals surface area contributed by atoms with Gasteiger partial charge >= 0.3 is 0 Å². The first-order chi connectivity index (χ1) is 6.15. The Balaban J connectivity index is 2.76. The molecule has 0 bridgehead atoms. The lowest BCUT2D eigenvalue weighted by molar-refractivity contribution is -0.114. The van der Waals surface area contributed by atoms with Crippen molar-refractivity contribution in [3.63, 3.8) is 0 Å². The van der Waals surface area contributed by atoms with Crippen molar-refractivity contribution < 1.29 is 4.79 Å². The topological polar surface area (TPSA) is 59.8 Å². The maximum absolute atomic E-state index is 10.9. The Kier molecular flexibility index (Phi) is 3.25. The summed E-state index contributed by atoms with van der Waals surface area (Å²) in [5, 5.41) is 6.49. The van der Waals surface area contributed by atoms with E-state index in [-0.39, 0.29) is 17.8 Å². The molecule has 0 unspecified atom stereocenters. The summed E-state index contributed by atoms with van der Waals surface area (Å²) in [5.41, 5.74) is 0. The van der Waals surface area contributed by atoms with Gasteiger partial charge in [0, 0.05) is 0 Å². The van der Waals surface area contributed by atoms with Crippen molar-refractivity contribution in [1.29, 1.82) is 0 Å². The van der Waals surface area contributed by atoms with Gasteiger partial charge < -0.3 is 0 Å². The Morgan fingerprint density at radius 2 is 2.46 bits per heavy atom. The molecule has 6 heteroatoms. The van der Waals surface area contributed by atoms with E-state index < -0.39 is 0 Å². The van der Waals surface area contributed by atoms with Crippen LogP contribution in [0.15, 0.2) is 6.33 Å². The molecule has 1 rings (SSSR count). The lowest BCUT2D eigenvalue weighted by Gasteiger charge is -2.08. The maximum Gasteiger partial charge on any atom is 0.241 e. The number of nitrogens with one attached hydrogen (secondary N) is 1. The molecule has 0 saturated carbocycles. The number of hydrogen-bond donors (Lipinski definition) is 1. The molecular weight excluding hydrogens is 192 g/mol. The van der Waals surface area contributed by atoms with Gasteiger partial charge in [0.2, 0.25) is 11.9 Å². The quantitative estimate of drug-likeness (QED) is 0.745. The molecule has 0 saturated heterocycles. The van der Waals surface area contributed by atoms with E-state index in [1.807, 2.05) is 13.8 Å². The van der Waals surface area contributed by atoms with Crippen molar-refractivity contribution in [1.82, 2.24) is 14.8 Å². The fourth-order valence-corrected chi connectivity index (χ4v) is 0.942. The van der Waals surface area contributed by atoms with Crippen molar-refractivity contribution in [3.05, 3.63) is 6.33 Å². The molecule has 13 heavy (non-hydrogen) atoms. The highest BCUT2D eigenvalue weighted by Crippen LogP contribution is 2.09. The van der Waals surface area contributed by atoms with Crippen molar-refractivity contribution >= 4 is 23.5 Å². The Labute approximate surface area is 81.1 Å². The number of alkyl halides is 1. The van der Waals surface area contributed by atoms with Crippen LogP contribution in [0.5, 0.6) is 0 Å². The van der Waals surface area contributed by atoms with E-state index >= 15 is 0 Å². The molecule has 72 valence electrons. The van der Waals surface area contributed by atoms with E-state index in [4.69, 9.17) is 11.6 Å². The molecule has 1 N–H and O–H groups in total. The van der Waals surface area contributed by atoms with Crippen LogP contribution in [0.4, 0.5) is 5.95 Å². The van der Waals surface area contributed by atoms with Gasteiger partial charge in [0.05, 0.1) is 6.04 Å². The van der Waals surface area contributed by atoms with Gasteiger partial charge in [0.15, 0.2) is 0 Å². The van der Waals surface area contributed by atoms with Crippen LogP contribution in [0.2, 0.25) is 0 Å². The molecular formula is C7H11ClN4O. The standard InChI is InChI=1S/C7H11ClN4O/c1-5(2)12-7(9-4-10-12)11-6(13)3-8/h4-5H,3H2,1-2H3,(H,9,10,11,13). The minimum absolute atomic E-state index is 0.0784. The lowest BCUT2D eigenvalue weighted by Crippen LogP contribution is -2.18. The number of hydrogen-bond acceptors (Lipinski definition) is 3. The number of nitrogens with zero attached hydrogens (tertiary/aromatic N) is 3. The first-order valence-corrected chi connectivity index (χ1v) is 4.44. The van der Waals surface area contributed by atoms with Crippen LogP contribution in [-0.2, 0) is 4.79 Å². The first-order valence-electron chi connectivity index (χ1n) is 3.90. The largest absolute Gasteiger partial charge is 0.294 e. The third kappa shape index (κ3) is 2.42. The average Bonchev–Trinajstić information content (AvgIpc) is 2.52. The molecule has 1 amide bonds. The summed E-state index contributed by atoms with van der Waals surface area (Å²) in [6.45, 7) is 3.90. The molecule has 0 aliphatic carbocycles. The molecule has 0 atom stereocenters. The van der Waals surface area contributed by atoms with Crippen LogP contribution >= 0.6 is 11.6 Å². The Morgan fingerprint density at radius 1 is 1.77 bits per heavy atom. The molecule has 1 aromatic rings. The number of halogens is 1. The minimum Gasteiger partial charge on any atom is -0.294 e. The average molecular weight is 203 g/mol. The summed E-state index contributed by atoms with van der Waals surface area (Å²) in [4.78, 5) is 14.8. The molecule has 0 aliphatic rings. The molecule has 0 spiro atoms. The van der Waals surface area contributed by atoms with Crippen molar-refractivity contribution in [3.8, 4) is 0 Å². The summed E-state index contributed by atoms with van der Waals surface area (Å²) in [5.74, 6) is 0.0718. The molecule has 0 fully saturated rings. The molecule has 0 aliphatic heterocycles. The van der Waals surface area contributed by atoms with E-state index in [9.17, 15) is 4.79 Å². The number of carbonyl (C=O) groups is 1. The van der Waals surface area contributed by atoms with Gasteiger partial charge in [-0.15, -0.1) is 11.6 Å². The van der Waals surface area contributed by atoms with E-state index in [1.165, 1.54) is 6.33 Å². The monoisotopic (exact) mass is 202 g/mol. The number of anilines is 1. The molecule has 0 radical (unpaired) electrons. The van der Waals surface area contributed by atoms with E-state index in [1.54, 1.807) is 4.68 Å². The Hall–Kier alpha value is -1.10. The van der Waals surface area contributed by atoms with Gasteiger partial charge in [-0.3, -0.25) is 10.1 Å². The van der Waals surface area contributed by atoms with Crippen LogP contribution in [0.1, 0.15) is 19.9 Å². The fourth-order valence-electron chi connectivity index (χ4n) is 0.876. The zero-order chi connectivity index (χ0) is 9.84. The Morgan fingerprint density at radius 3 is 3.00 bits per heavy atom. The van der Waals surface area contributed by atoms with Crippen molar-refractivity contribution in [2.75, 3.05) is 11.2 Å². The normalized spacial score (nSPS) is 10.5. The van der Waals surface area contributed by atoms with Crippen molar-refractivity contribution in [2.24, 2.45) is 0 Å². The summed E-state index contributed by atoms with van der Waals surface area (Å²) < 4.78 is 1.62. The number of aromatic nitrogens is 3. The predicted molar refractivity (Wildman–Crippen MR) is 49.8 cm³/mol. The summed E-state index contributed by atoms with van der Waals surface area (Å²) in [6, 6.07) is 0.160. The second-order valence-electron chi connectivity index (χ2n) is 2.80.